The first kappa shape index (κ1) is 12.6. The predicted octanol–water partition coefficient (Wildman–Crippen LogP) is 0.992. The smallest absolute Gasteiger partial charge is 0.191 e. The lowest BCUT2D eigenvalue weighted by Crippen LogP contribution is -2.35. The fourth-order valence-electron chi connectivity index (χ4n) is 2.18. The van der Waals surface area contributed by atoms with E-state index in [9.17, 15) is 8.42 Å². The summed E-state index contributed by atoms with van der Waals surface area (Å²) in [5.74, 6) is 1.98. The van der Waals surface area contributed by atoms with E-state index in [0.29, 0.717) is 24.6 Å². The van der Waals surface area contributed by atoms with Crippen molar-refractivity contribution in [1.82, 2.24) is 9.88 Å². The summed E-state index contributed by atoms with van der Waals surface area (Å²) in [5, 5.41) is 0. The number of aryl methyl sites for hydroxylation is 1. The largest absolute Gasteiger partial charge is 0.445 e. The summed E-state index contributed by atoms with van der Waals surface area (Å²) in [6, 6.07) is 0.0351. The lowest BCUT2D eigenvalue weighted by molar-refractivity contribution is 0.202. The first-order chi connectivity index (χ1) is 7.96. The molecule has 0 N–H and O–H groups in total. The standard InChI is InChI=1S/C11H18N2O3S/c1-9-8-17(14,15)5-3-4-13(9)7-11-6-12-10(2)16-11/h6,9H,3-5,7-8H2,1-2H3. The molecule has 0 bridgehead atoms. The molecule has 5 nitrogen and oxygen atoms in total. The van der Waals surface area contributed by atoms with Gasteiger partial charge in [0.2, 0.25) is 0 Å². The highest BCUT2D eigenvalue weighted by Gasteiger charge is 2.26. The molecule has 1 unspecified atom stereocenters. The highest BCUT2D eigenvalue weighted by molar-refractivity contribution is 7.91. The summed E-state index contributed by atoms with van der Waals surface area (Å²) in [4.78, 5) is 6.19. The van der Waals surface area contributed by atoms with Gasteiger partial charge in [0.25, 0.3) is 0 Å². The van der Waals surface area contributed by atoms with Gasteiger partial charge in [0.05, 0.1) is 24.2 Å². The minimum absolute atomic E-state index is 0.0351. The molecule has 0 aliphatic carbocycles. The van der Waals surface area contributed by atoms with Crippen LogP contribution in [0.5, 0.6) is 0 Å². The molecule has 96 valence electrons. The van der Waals surface area contributed by atoms with Gasteiger partial charge in [-0.3, -0.25) is 4.90 Å². The van der Waals surface area contributed by atoms with Crippen molar-refractivity contribution < 1.29 is 12.8 Å². The van der Waals surface area contributed by atoms with Gasteiger partial charge in [-0.2, -0.15) is 0 Å². The Hall–Kier alpha value is -0.880. The fourth-order valence-corrected chi connectivity index (χ4v) is 3.86. The molecule has 0 saturated carbocycles. The topological polar surface area (TPSA) is 63.4 Å². The number of hydrogen-bond acceptors (Lipinski definition) is 5. The molecule has 2 rings (SSSR count). The normalized spacial score (nSPS) is 25.6. The van der Waals surface area contributed by atoms with E-state index in [1.165, 1.54) is 0 Å². The highest BCUT2D eigenvalue weighted by Crippen LogP contribution is 2.15. The third-order valence-electron chi connectivity index (χ3n) is 3.05. The number of hydrogen-bond donors (Lipinski definition) is 0. The third-order valence-corrected chi connectivity index (χ3v) is 4.95. The molecule has 0 spiro atoms. The van der Waals surface area contributed by atoms with Gasteiger partial charge in [0, 0.05) is 13.0 Å². The average Bonchev–Trinajstić information content (AvgIpc) is 2.55. The van der Waals surface area contributed by atoms with Crippen LogP contribution in [-0.4, -0.2) is 42.4 Å². The first-order valence-corrected chi connectivity index (χ1v) is 7.64. The molecule has 1 aromatic heterocycles. The van der Waals surface area contributed by atoms with Crippen molar-refractivity contribution in [3.05, 3.63) is 17.8 Å². The summed E-state index contributed by atoms with van der Waals surface area (Å²) in [7, 11) is -2.88. The summed E-state index contributed by atoms with van der Waals surface area (Å²) in [5.41, 5.74) is 0. The van der Waals surface area contributed by atoms with Gasteiger partial charge in [-0.15, -0.1) is 0 Å². The molecular weight excluding hydrogens is 240 g/mol. The zero-order valence-corrected chi connectivity index (χ0v) is 11.0. The Labute approximate surface area is 102 Å². The lowest BCUT2D eigenvalue weighted by atomic mass is 10.3. The van der Waals surface area contributed by atoms with Gasteiger partial charge >= 0.3 is 0 Å². The molecule has 1 fully saturated rings. The van der Waals surface area contributed by atoms with Crippen LogP contribution in [0.15, 0.2) is 10.6 Å². The van der Waals surface area contributed by atoms with Crippen molar-refractivity contribution in [2.24, 2.45) is 0 Å². The predicted molar refractivity (Wildman–Crippen MR) is 64.4 cm³/mol. The van der Waals surface area contributed by atoms with Crippen molar-refractivity contribution in [2.45, 2.75) is 32.9 Å². The molecule has 0 amide bonds. The van der Waals surface area contributed by atoms with E-state index in [1.54, 1.807) is 13.1 Å². The zero-order valence-electron chi connectivity index (χ0n) is 10.2. The average molecular weight is 258 g/mol. The number of nitrogens with zero attached hydrogens (tertiary/aromatic N) is 2. The molecule has 1 aliphatic rings. The number of sulfone groups is 1. The SMILES string of the molecule is Cc1ncc(CN2CCCS(=O)(=O)CC2C)o1. The van der Waals surface area contributed by atoms with Crippen LogP contribution < -0.4 is 0 Å². The van der Waals surface area contributed by atoms with E-state index in [4.69, 9.17) is 4.42 Å². The number of aromatic nitrogens is 1. The van der Waals surface area contributed by atoms with Crippen LogP contribution in [0.25, 0.3) is 0 Å². The Morgan fingerprint density at radius 1 is 1.59 bits per heavy atom. The first-order valence-electron chi connectivity index (χ1n) is 5.82. The lowest BCUT2D eigenvalue weighted by Gasteiger charge is -2.24. The van der Waals surface area contributed by atoms with Gasteiger partial charge in [0.1, 0.15) is 5.76 Å². The van der Waals surface area contributed by atoms with Gasteiger partial charge in [-0.1, -0.05) is 0 Å². The second kappa shape index (κ2) is 4.78. The van der Waals surface area contributed by atoms with Crippen LogP contribution in [0.4, 0.5) is 0 Å². The van der Waals surface area contributed by atoms with E-state index >= 15 is 0 Å². The summed E-state index contributed by atoms with van der Waals surface area (Å²) in [6.45, 7) is 5.18. The molecule has 1 atom stereocenters. The van der Waals surface area contributed by atoms with Crippen LogP contribution in [0.3, 0.4) is 0 Å². The molecule has 1 saturated heterocycles. The maximum absolute atomic E-state index is 11.6. The minimum Gasteiger partial charge on any atom is -0.445 e. The van der Waals surface area contributed by atoms with E-state index in [2.05, 4.69) is 9.88 Å². The molecular formula is C11H18N2O3S. The van der Waals surface area contributed by atoms with Crippen molar-refractivity contribution in [1.29, 1.82) is 0 Å². The van der Waals surface area contributed by atoms with Gasteiger partial charge < -0.3 is 4.42 Å². The molecule has 2 heterocycles. The Kier molecular flexibility index (Phi) is 3.53. The maximum atomic E-state index is 11.6. The van der Waals surface area contributed by atoms with Crippen molar-refractivity contribution in [3.8, 4) is 0 Å². The number of rotatable bonds is 2. The van der Waals surface area contributed by atoms with Crippen LogP contribution in [0, 0.1) is 6.92 Å². The molecule has 1 aromatic rings. The second-order valence-corrected chi connectivity index (χ2v) is 6.86. The summed E-state index contributed by atoms with van der Waals surface area (Å²) in [6.07, 6.45) is 2.40. The second-order valence-electron chi connectivity index (χ2n) is 4.63. The molecule has 6 heteroatoms. The van der Waals surface area contributed by atoms with E-state index < -0.39 is 9.84 Å². The Balaban J connectivity index is 2.06. The van der Waals surface area contributed by atoms with Gasteiger partial charge in [-0.25, -0.2) is 13.4 Å². The minimum atomic E-state index is -2.88. The summed E-state index contributed by atoms with van der Waals surface area (Å²) < 4.78 is 28.7. The monoisotopic (exact) mass is 258 g/mol. The van der Waals surface area contributed by atoms with Crippen LogP contribution in [0.1, 0.15) is 25.0 Å². The Bertz CT molecular complexity index is 481. The van der Waals surface area contributed by atoms with Crippen LogP contribution in [-0.2, 0) is 16.4 Å². The molecule has 0 aromatic carbocycles. The third kappa shape index (κ3) is 3.29. The zero-order chi connectivity index (χ0) is 12.5. The van der Waals surface area contributed by atoms with E-state index in [-0.39, 0.29) is 11.8 Å². The quantitative estimate of drug-likeness (QED) is 0.791. The fraction of sp³-hybridized carbons (Fsp3) is 0.727. The Morgan fingerprint density at radius 2 is 2.35 bits per heavy atom. The van der Waals surface area contributed by atoms with E-state index in [1.807, 2.05) is 6.92 Å². The van der Waals surface area contributed by atoms with Crippen molar-refractivity contribution >= 4 is 9.84 Å². The maximum Gasteiger partial charge on any atom is 0.191 e. The van der Waals surface area contributed by atoms with E-state index in [0.717, 1.165) is 12.3 Å². The van der Waals surface area contributed by atoms with Gasteiger partial charge in [0.15, 0.2) is 15.7 Å². The highest BCUT2D eigenvalue weighted by atomic mass is 32.2. The molecule has 1 aliphatic heterocycles. The van der Waals surface area contributed by atoms with Crippen LogP contribution >= 0.6 is 0 Å². The number of oxazole rings is 1. The van der Waals surface area contributed by atoms with Crippen LogP contribution in [0.2, 0.25) is 0 Å². The molecule has 17 heavy (non-hydrogen) atoms. The van der Waals surface area contributed by atoms with Gasteiger partial charge in [-0.05, 0) is 19.9 Å². The van der Waals surface area contributed by atoms with Crippen molar-refractivity contribution in [3.63, 3.8) is 0 Å². The molecule has 0 radical (unpaired) electrons. The van der Waals surface area contributed by atoms with Crippen molar-refractivity contribution in [2.75, 3.05) is 18.1 Å². The summed E-state index contributed by atoms with van der Waals surface area (Å²) >= 11 is 0. The Morgan fingerprint density at radius 3 is 3.00 bits per heavy atom.